The van der Waals surface area contributed by atoms with Gasteiger partial charge in [0.1, 0.15) is 5.82 Å². The monoisotopic (exact) mass is 210 g/mol. The van der Waals surface area contributed by atoms with Crippen molar-refractivity contribution in [2.75, 3.05) is 0 Å². The lowest BCUT2D eigenvalue weighted by molar-refractivity contribution is 0.614. The molecule has 72 valence electrons. The lowest BCUT2D eigenvalue weighted by Gasteiger charge is -1.99. The molecule has 2 nitrogen and oxygen atoms in total. The third kappa shape index (κ3) is 1.93. The first-order chi connectivity index (χ1) is 6.75. The number of hydrogen-bond acceptors (Lipinski definition) is 1. The lowest BCUT2D eigenvalue weighted by Crippen LogP contribution is -1.90. The molecule has 0 aliphatic heterocycles. The summed E-state index contributed by atoms with van der Waals surface area (Å²) in [6.45, 7) is 0. The van der Waals surface area contributed by atoms with E-state index < -0.39 is 0 Å². The molecule has 0 bridgehead atoms. The zero-order valence-electron chi connectivity index (χ0n) is 7.32. The zero-order chi connectivity index (χ0) is 9.97. The lowest BCUT2D eigenvalue weighted by atomic mass is 10.1. The smallest absolute Gasteiger partial charge is 0.126 e. The number of benzene rings is 1. The van der Waals surface area contributed by atoms with Gasteiger partial charge in [-0.3, -0.25) is 0 Å². The first-order valence-electron chi connectivity index (χ1n) is 4.19. The van der Waals surface area contributed by atoms with Crippen molar-refractivity contribution in [3.8, 4) is 0 Å². The van der Waals surface area contributed by atoms with Crippen LogP contribution in [0.15, 0.2) is 36.7 Å². The Morgan fingerprint density at radius 1 is 1.36 bits per heavy atom. The van der Waals surface area contributed by atoms with Crippen molar-refractivity contribution < 1.29 is 4.39 Å². The van der Waals surface area contributed by atoms with Gasteiger partial charge in [-0.25, -0.2) is 4.39 Å². The fourth-order valence-electron chi connectivity index (χ4n) is 1.29. The van der Waals surface area contributed by atoms with Gasteiger partial charge in [-0.15, -0.1) is 0 Å². The van der Waals surface area contributed by atoms with Crippen LogP contribution in [-0.4, -0.2) is 9.30 Å². The van der Waals surface area contributed by atoms with Crippen LogP contribution in [0, 0.1) is 5.82 Å². The summed E-state index contributed by atoms with van der Waals surface area (Å²) in [6, 6.07) is 6.68. The van der Waals surface area contributed by atoms with Gasteiger partial charge in [-0.05, 0) is 17.2 Å². The summed E-state index contributed by atoms with van der Waals surface area (Å²) in [5.74, 6) is -0.199. The van der Waals surface area contributed by atoms with E-state index in [0.29, 0.717) is 12.0 Å². The van der Waals surface area contributed by atoms with Gasteiger partial charge in [0.15, 0.2) is 0 Å². The van der Waals surface area contributed by atoms with Crippen LogP contribution in [0.25, 0.3) is 0 Å². The van der Waals surface area contributed by atoms with Crippen LogP contribution >= 0.6 is 11.8 Å². The van der Waals surface area contributed by atoms with Gasteiger partial charge in [-0.1, -0.05) is 18.2 Å². The van der Waals surface area contributed by atoms with Crippen molar-refractivity contribution in [2.24, 2.45) is 0 Å². The normalized spacial score (nSPS) is 10.4. The van der Waals surface area contributed by atoms with E-state index in [9.17, 15) is 4.39 Å². The molecule has 2 rings (SSSR count). The molecule has 4 heteroatoms. The highest BCUT2D eigenvalue weighted by molar-refractivity contribution is 6.14. The van der Waals surface area contributed by atoms with E-state index in [1.807, 2.05) is 6.07 Å². The van der Waals surface area contributed by atoms with Gasteiger partial charge >= 0.3 is 0 Å². The van der Waals surface area contributed by atoms with Gasteiger partial charge in [-0.2, -0.15) is 9.30 Å². The molecule has 0 N–H and O–H groups in total. The van der Waals surface area contributed by atoms with Crippen LogP contribution in [0.1, 0.15) is 11.1 Å². The Labute approximate surface area is 86.0 Å². The summed E-state index contributed by atoms with van der Waals surface area (Å²) in [5, 5.41) is 3.80. The van der Waals surface area contributed by atoms with E-state index in [-0.39, 0.29) is 5.82 Å². The average molecular weight is 211 g/mol. The van der Waals surface area contributed by atoms with Gasteiger partial charge in [0.25, 0.3) is 0 Å². The Kier molecular flexibility index (Phi) is 2.50. The molecule has 2 aromatic rings. The highest BCUT2D eigenvalue weighted by Gasteiger charge is 2.03. The van der Waals surface area contributed by atoms with Crippen LogP contribution in [0.5, 0.6) is 0 Å². The van der Waals surface area contributed by atoms with Gasteiger partial charge in [0.2, 0.25) is 0 Å². The Balaban J connectivity index is 2.23. The summed E-state index contributed by atoms with van der Waals surface area (Å²) < 4.78 is 14.4. The van der Waals surface area contributed by atoms with Gasteiger partial charge in [0, 0.05) is 24.4 Å². The van der Waals surface area contributed by atoms with Crippen molar-refractivity contribution in [1.29, 1.82) is 0 Å². The quantitative estimate of drug-likeness (QED) is 0.745. The Morgan fingerprint density at radius 2 is 2.14 bits per heavy atom. The number of rotatable bonds is 2. The standard InChI is InChI=1S/C10H8ClFN2/c11-14-7-8(6-13-14)5-9-3-1-2-4-10(9)12/h1-4,6-7H,5H2. The summed E-state index contributed by atoms with van der Waals surface area (Å²) in [5.41, 5.74) is 1.54. The van der Waals surface area contributed by atoms with Crippen LogP contribution in [0.4, 0.5) is 4.39 Å². The molecular formula is C10H8ClFN2. The summed E-state index contributed by atoms with van der Waals surface area (Å²) in [4.78, 5) is 0. The summed E-state index contributed by atoms with van der Waals surface area (Å²) in [7, 11) is 0. The highest BCUT2D eigenvalue weighted by Crippen LogP contribution is 2.12. The van der Waals surface area contributed by atoms with Crippen LogP contribution in [-0.2, 0) is 6.42 Å². The zero-order valence-corrected chi connectivity index (χ0v) is 8.08. The van der Waals surface area contributed by atoms with Crippen molar-refractivity contribution in [1.82, 2.24) is 9.30 Å². The molecule has 0 amide bonds. The molecule has 0 aliphatic carbocycles. The van der Waals surface area contributed by atoms with Crippen molar-refractivity contribution in [2.45, 2.75) is 6.42 Å². The second-order valence-corrected chi connectivity index (χ2v) is 3.35. The fourth-order valence-corrected chi connectivity index (χ4v) is 1.45. The molecule has 0 radical (unpaired) electrons. The van der Waals surface area contributed by atoms with Gasteiger partial charge < -0.3 is 0 Å². The molecule has 14 heavy (non-hydrogen) atoms. The maximum atomic E-state index is 13.2. The number of nitrogens with zero attached hydrogens (tertiary/aromatic N) is 2. The predicted octanol–water partition coefficient (Wildman–Crippen LogP) is 2.61. The molecule has 1 heterocycles. The number of hydrogen-bond donors (Lipinski definition) is 0. The SMILES string of the molecule is Fc1ccccc1Cc1cnn(Cl)c1. The molecular weight excluding hydrogens is 203 g/mol. The molecule has 0 spiro atoms. The molecule has 1 aromatic heterocycles. The fraction of sp³-hybridized carbons (Fsp3) is 0.100. The molecule has 0 unspecified atom stereocenters. The third-order valence-electron chi connectivity index (χ3n) is 1.96. The minimum absolute atomic E-state index is 0.199. The minimum Gasteiger partial charge on any atom is -0.207 e. The molecule has 0 saturated heterocycles. The van der Waals surface area contributed by atoms with E-state index in [1.54, 1.807) is 24.5 Å². The largest absolute Gasteiger partial charge is 0.207 e. The maximum Gasteiger partial charge on any atom is 0.126 e. The van der Waals surface area contributed by atoms with Crippen LogP contribution in [0.2, 0.25) is 0 Å². The second-order valence-electron chi connectivity index (χ2n) is 3.01. The van der Waals surface area contributed by atoms with E-state index in [0.717, 1.165) is 5.56 Å². The molecule has 0 atom stereocenters. The van der Waals surface area contributed by atoms with Crippen molar-refractivity contribution in [3.63, 3.8) is 0 Å². The summed E-state index contributed by atoms with van der Waals surface area (Å²) >= 11 is 5.58. The average Bonchev–Trinajstić information content (AvgIpc) is 2.56. The summed E-state index contributed by atoms with van der Waals surface area (Å²) in [6.07, 6.45) is 3.80. The third-order valence-corrected chi connectivity index (χ3v) is 2.14. The number of aromatic nitrogens is 2. The Morgan fingerprint density at radius 3 is 2.79 bits per heavy atom. The highest BCUT2D eigenvalue weighted by atomic mass is 35.5. The molecule has 0 saturated carbocycles. The van der Waals surface area contributed by atoms with Crippen LogP contribution < -0.4 is 0 Å². The maximum absolute atomic E-state index is 13.2. The second kappa shape index (κ2) is 3.80. The van der Waals surface area contributed by atoms with E-state index >= 15 is 0 Å². The van der Waals surface area contributed by atoms with Crippen molar-refractivity contribution in [3.05, 3.63) is 53.6 Å². The topological polar surface area (TPSA) is 17.8 Å². The first-order valence-corrected chi connectivity index (χ1v) is 4.52. The van der Waals surface area contributed by atoms with Crippen molar-refractivity contribution >= 4 is 11.8 Å². The van der Waals surface area contributed by atoms with E-state index in [1.165, 1.54) is 10.3 Å². The first kappa shape index (κ1) is 9.21. The van der Waals surface area contributed by atoms with E-state index in [2.05, 4.69) is 5.10 Å². The molecule has 1 aromatic carbocycles. The predicted molar refractivity (Wildman–Crippen MR) is 52.7 cm³/mol. The minimum atomic E-state index is -0.199. The Hall–Kier alpha value is -1.35. The van der Waals surface area contributed by atoms with Gasteiger partial charge in [0.05, 0.1) is 6.20 Å². The van der Waals surface area contributed by atoms with Crippen LogP contribution in [0.3, 0.4) is 0 Å². The molecule has 0 aliphatic rings. The molecule has 0 fully saturated rings. The number of halogens is 2. The van der Waals surface area contributed by atoms with E-state index in [4.69, 9.17) is 11.8 Å². The Bertz CT molecular complexity index is 439.